The maximum atomic E-state index is 2.35. The first kappa shape index (κ1) is 16.8. The Labute approximate surface area is 135 Å². The van der Waals surface area contributed by atoms with Crippen LogP contribution in [0, 0.1) is 5.92 Å². The number of rotatable bonds is 4. The molecule has 1 fully saturated rings. The van der Waals surface area contributed by atoms with Crippen LogP contribution in [0.3, 0.4) is 0 Å². The monoisotopic (exact) mass is 292 g/mol. The van der Waals surface area contributed by atoms with E-state index in [1.807, 2.05) is 0 Å². The Bertz CT molecular complexity index is 536. The molecule has 0 atom stereocenters. The Balaban J connectivity index is 0.00000176. The molecule has 0 heterocycles. The molecule has 0 saturated heterocycles. The number of hydrogen-bond donors (Lipinski definition) is 0. The molecule has 0 N–H and O–H groups in total. The molecule has 1 aliphatic rings. The van der Waals surface area contributed by atoms with E-state index in [-0.39, 0.29) is 6.15 Å². The van der Waals surface area contributed by atoms with Gasteiger partial charge in [-0.1, -0.05) is 74.4 Å². The lowest BCUT2D eigenvalue weighted by Crippen LogP contribution is -2.13. The Morgan fingerprint density at radius 2 is 1.36 bits per heavy atom. The molecule has 0 spiro atoms. The summed E-state index contributed by atoms with van der Waals surface area (Å²) < 4.78 is 0. The van der Waals surface area contributed by atoms with Gasteiger partial charge in [-0.15, -0.1) is 0 Å². The highest BCUT2D eigenvalue weighted by Gasteiger charge is 2.21. The fraction of sp³-hybridized carbons (Fsp3) is 0.429. The van der Waals surface area contributed by atoms with E-state index >= 15 is 0 Å². The lowest BCUT2D eigenvalue weighted by molar-refractivity contribution is 0.308. The highest BCUT2D eigenvalue weighted by Crippen LogP contribution is 2.37. The van der Waals surface area contributed by atoms with Crippen LogP contribution in [0.5, 0.6) is 0 Å². The lowest BCUT2D eigenvalue weighted by atomic mass is 9.77. The van der Waals surface area contributed by atoms with Gasteiger partial charge in [0.2, 0.25) is 0 Å². The second-order valence-corrected chi connectivity index (χ2v) is 6.49. The molecule has 0 aliphatic heterocycles. The van der Waals surface area contributed by atoms with Gasteiger partial charge < -0.3 is 0 Å². The van der Waals surface area contributed by atoms with Crippen LogP contribution in [-0.4, -0.2) is 0 Å². The zero-order valence-electron chi connectivity index (χ0n) is 13.5. The summed E-state index contributed by atoms with van der Waals surface area (Å²) in [5, 5.41) is 0. The van der Waals surface area contributed by atoms with Crippen molar-refractivity contribution < 1.29 is 0 Å². The summed E-state index contributed by atoms with van der Waals surface area (Å²) in [5.41, 5.74) is 4.19. The van der Waals surface area contributed by atoms with Crippen molar-refractivity contribution in [1.82, 2.24) is 6.15 Å². The van der Waals surface area contributed by atoms with Crippen LogP contribution in [0.4, 0.5) is 0 Å². The molecule has 1 nitrogen and oxygen atoms in total. The van der Waals surface area contributed by atoms with Crippen LogP contribution in [0.15, 0.2) is 54.6 Å². The van der Waals surface area contributed by atoms with Crippen molar-refractivity contribution in [3.63, 3.8) is 0 Å². The minimum Gasteiger partial charge on any atom is -0.0654 e. The van der Waals surface area contributed by atoms with Gasteiger partial charge in [0.15, 0.2) is 0 Å². The van der Waals surface area contributed by atoms with E-state index < -0.39 is 0 Å². The minimum absolute atomic E-state index is 0. The highest BCUT2D eigenvalue weighted by atomic mass is 14.3. The normalized spacial score (nSPS) is 21.1. The largest absolute Gasteiger partial charge is 0.0654 e. The smallest absolute Gasteiger partial charge is 0 e. The van der Waals surface area contributed by atoms with Gasteiger partial charge >= 0.3 is 0 Å². The van der Waals surface area contributed by atoms with Gasteiger partial charge in [0.1, 0.15) is 0 Å². The van der Waals surface area contributed by atoms with Gasteiger partial charge in [-0.25, -0.2) is 0 Å². The fourth-order valence-corrected chi connectivity index (χ4v) is 3.77. The van der Waals surface area contributed by atoms with Crippen molar-refractivity contribution in [1.29, 1.82) is 0 Å². The maximum Gasteiger partial charge on any atom is 0 e. The molecule has 0 bridgehead atoms. The molecule has 1 heteroatoms. The molecular formula is C21H26N. The van der Waals surface area contributed by atoms with Gasteiger partial charge in [-0.2, -0.15) is 0 Å². The Morgan fingerprint density at radius 3 is 1.95 bits per heavy atom. The number of hydrogen-bond acceptors (Lipinski definition) is 0. The van der Waals surface area contributed by atoms with Gasteiger partial charge in [0.25, 0.3) is 0 Å². The quantitative estimate of drug-likeness (QED) is 0.667. The van der Waals surface area contributed by atoms with Crippen LogP contribution < -0.4 is 6.15 Å². The first-order valence-corrected chi connectivity index (χ1v) is 8.52. The molecule has 1 saturated carbocycles. The molecule has 1 aliphatic carbocycles. The third-order valence-electron chi connectivity index (χ3n) is 5.03. The zero-order chi connectivity index (χ0) is 14.5. The van der Waals surface area contributed by atoms with Crippen molar-refractivity contribution in [3.05, 3.63) is 60.2 Å². The van der Waals surface area contributed by atoms with Crippen molar-refractivity contribution in [2.24, 2.45) is 5.92 Å². The summed E-state index contributed by atoms with van der Waals surface area (Å²) in [7, 11) is 0. The zero-order valence-corrected chi connectivity index (χ0v) is 13.5. The third-order valence-corrected chi connectivity index (χ3v) is 5.03. The van der Waals surface area contributed by atoms with Gasteiger partial charge in [-0.3, -0.25) is 0 Å². The third kappa shape index (κ3) is 3.98. The van der Waals surface area contributed by atoms with Crippen LogP contribution in [-0.2, 0) is 0 Å². The first-order valence-electron chi connectivity index (χ1n) is 8.52. The standard InChI is InChI=1S/C21H26.N/c1-2-6-17-9-11-19(12-10-17)21-15-13-20(14-16-21)18-7-4-3-5-8-18;/h3-5,7-8,13-17,19H,2,6,9-12H2,1H3;. The van der Waals surface area contributed by atoms with Crippen LogP contribution >= 0.6 is 0 Å². The molecule has 0 amide bonds. The summed E-state index contributed by atoms with van der Waals surface area (Å²) in [5.74, 6) is 1.79. The molecule has 22 heavy (non-hydrogen) atoms. The summed E-state index contributed by atoms with van der Waals surface area (Å²) in [6.07, 6.45) is 8.41. The minimum atomic E-state index is 0. The van der Waals surface area contributed by atoms with E-state index in [1.54, 1.807) is 5.56 Å². The topological polar surface area (TPSA) is 30.5 Å². The van der Waals surface area contributed by atoms with Gasteiger partial charge in [0.05, 0.1) is 0 Å². The van der Waals surface area contributed by atoms with Gasteiger partial charge in [-0.05, 0) is 54.2 Å². The molecule has 115 valence electrons. The molecule has 2 aromatic carbocycles. The average Bonchev–Trinajstić information content (AvgIpc) is 2.57. The lowest BCUT2D eigenvalue weighted by Gasteiger charge is -2.28. The summed E-state index contributed by atoms with van der Waals surface area (Å²) >= 11 is 0. The Morgan fingerprint density at radius 1 is 0.773 bits per heavy atom. The maximum absolute atomic E-state index is 2.35. The molecule has 0 unspecified atom stereocenters. The van der Waals surface area contributed by atoms with Crippen LogP contribution in [0.25, 0.3) is 11.1 Å². The van der Waals surface area contributed by atoms with Crippen LogP contribution in [0.2, 0.25) is 0 Å². The molecule has 2 aromatic rings. The van der Waals surface area contributed by atoms with E-state index in [1.165, 1.54) is 49.7 Å². The van der Waals surface area contributed by atoms with E-state index in [0.717, 1.165) is 11.8 Å². The van der Waals surface area contributed by atoms with Crippen molar-refractivity contribution in [2.45, 2.75) is 51.4 Å². The van der Waals surface area contributed by atoms with E-state index in [0.29, 0.717) is 0 Å². The summed E-state index contributed by atoms with van der Waals surface area (Å²) in [6, 6.07) is 20.0. The highest BCUT2D eigenvalue weighted by molar-refractivity contribution is 5.63. The number of nitrogens with zero attached hydrogens (tertiary/aromatic N) is 1. The van der Waals surface area contributed by atoms with Gasteiger partial charge in [0, 0.05) is 6.15 Å². The average molecular weight is 292 g/mol. The Kier molecular flexibility index (Phi) is 6.21. The predicted molar refractivity (Wildman–Crippen MR) is 93.6 cm³/mol. The predicted octanol–water partition coefficient (Wildman–Crippen LogP) is 5.95. The van der Waals surface area contributed by atoms with Crippen molar-refractivity contribution >= 4 is 0 Å². The second-order valence-electron chi connectivity index (χ2n) is 6.49. The SMILES string of the molecule is CCCC1CCC(c2ccc(-c3ccccc3)cc2)CC1.[N]. The first-order chi connectivity index (χ1) is 10.4. The molecule has 3 rings (SSSR count). The summed E-state index contributed by atoms with van der Waals surface area (Å²) in [6.45, 7) is 2.31. The van der Waals surface area contributed by atoms with E-state index in [2.05, 4.69) is 61.5 Å². The number of benzene rings is 2. The van der Waals surface area contributed by atoms with Crippen molar-refractivity contribution in [2.75, 3.05) is 0 Å². The fourth-order valence-electron chi connectivity index (χ4n) is 3.77. The summed E-state index contributed by atoms with van der Waals surface area (Å²) in [4.78, 5) is 0. The van der Waals surface area contributed by atoms with E-state index in [9.17, 15) is 0 Å². The van der Waals surface area contributed by atoms with E-state index in [4.69, 9.17) is 0 Å². The molecule has 0 aromatic heterocycles. The molecular weight excluding hydrogens is 266 g/mol. The second kappa shape index (κ2) is 8.14. The molecule has 3 radical (unpaired) electrons. The van der Waals surface area contributed by atoms with Crippen molar-refractivity contribution in [3.8, 4) is 11.1 Å². The van der Waals surface area contributed by atoms with Crippen LogP contribution in [0.1, 0.15) is 56.9 Å². The Hall–Kier alpha value is -1.60.